The summed E-state index contributed by atoms with van der Waals surface area (Å²) in [4.78, 5) is 2.13. The molecule has 0 saturated carbocycles. The summed E-state index contributed by atoms with van der Waals surface area (Å²) in [5.41, 5.74) is 8.85. The first-order valence-electron chi connectivity index (χ1n) is 5.85. The first kappa shape index (κ1) is 12.2. The molecule has 0 spiro atoms. The van der Waals surface area contributed by atoms with Crippen molar-refractivity contribution in [2.24, 2.45) is 0 Å². The summed E-state index contributed by atoms with van der Waals surface area (Å²) < 4.78 is 23.0. The molecule has 0 aromatic heterocycles. The van der Waals surface area contributed by atoms with E-state index in [1.807, 2.05) is 18.2 Å². The number of fused-ring (bicyclic) bond motifs is 1. The number of hydrogen-bond donors (Lipinski definition) is 1. The van der Waals surface area contributed by atoms with Crippen molar-refractivity contribution >= 4 is 21.2 Å². The van der Waals surface area contributed by atoms with Crippen LogP contribution in [-0.4, -0.2) is 33.0 Å². The van der Waals surface area contributed by atoms with E-state index in [-0.39, 0.29) is 11.5 Å². The second-order valence-corrected chi connectivity index (χ2v) is 6.83. The van der Waals surface area contributed by atoms with Gasteiger partial charge < -0.3 is 10.6 Å². The third-order valence-corrected chi connectivity index (χ3v) is 4.89. The van der Waals surface area contributed by atoms with Crippen LogP contribution in [0.1, 0.15) is 12.5 Å². The average Bonchev–Trinajstić information content (AvgIpc) is 2.69. The van der Waals surface area contributed by atoms with Gasteiger partial charge in [-0.15, -0.1) is 0 Å². The Labute approximate surface area is 102 Å². The highest BCUT2D eigenvalue weighted by Crippen LogP contribution is 2.29. The lowest BCUT2D eigenvalue weighted by atomic mass is 10.1. The van der Waals surface area contributed by atoms with Crippen molar-refractivity contribution in [1.29, 1.82) is 0 Å². The van der Waals surface area contributed by atoms with Gasteiger partial charge >= 0.3 is 0 Å². The van der Waals surface area contributed by atoms with E-state index >= 15 is 0 Å². The Balaban J connectivity index is 2.08. The number of nitrogen functional groups attached to an aromatic ring is 1. The minimum Gasteiger partial charge on any atom is -0.399 e. The number of anilines is 2. The maximum absolute atomic E-state index is 11.5. The number of rotatable bonds is 4. The molecule has 0 aliphatic carbocycles. The van der Waals surface area contributed by atoms with E-state index < -0.39 is 9.84 Å². The Morgan fingerprint density at radius 1 is 1.41 bits per heavy atom. The zero-order valence-corrected chi connectivity index (χ0v) is 10.8. The Bertz CT molecular complexity index is 511. The van der Waals surface area contributed by atoms with Crippen molar-refractivity contribution in [3.63, 3.8) is 0 Å². The van der Waals surface area contributed by atoms with Crippen molar-refractivity contribution in [3.05, 3.63) is 23.8 Å². The molecule has 1 aromatic rings. The first-order valence-corrected chi connectivity index (χ1v) is 7.68. The van der Waals surface area contributed by atoms with Crippen LogP contribution in [0.25, 0.3) is 0 Å². The minimum absolute atomic E-state index is 0.218. The number of sulfone groups is 1. The molecule has 0 radical (unpaired) electrons. The molecule has 2 rings (SSSR count). The first-order chi connectivity index (χ1) is 8.02. The fraction of sp³-hybridized carbons (Fsp3) is 0.500. The quantitative estimate of drug-likeness (QED) is 0.816. The molecule has 0 fully saturated rings. The topological polar surface area (TPSA) is 63.4 Å². The number of nitrogens with two attached hydrogens (primary N) is 1. The molecule has 1 aliphatic heterocycles. The standard InChI is InChI=1S/C12H18N2O2S/c1-2-17(15,16)8-7-14-6-5-10-9-11(13)3-4-12(10)14/h3-4,9H,2,5-8,13H2,1H3. The van der Waals surface area contributed by atoms with Gasteiger partial charge in [0.15, 0.2) is 9.84 Å². The van der Waals surface area contributed by atoms with Crippen molar-refractivity contribution in [2.75, 3.05) is 35.2 Å². The summed E-state index contributed by atoms with van der Waals surface area (Å²) in [7, 11) is -2.88. The average molecular weight is 254 g/mol. The Kier molecular flexibility index (Phi) is 3.28. The van der Waals surface area contributed by atoms with E-state index in [1.54, 1.807) is 6.92 Å². The monoisotopic (exact) mass is 254 g/mol. The summed E-state index contributed by atoms with van der Waals surface area (Å²) >= 11 is 0. The maximum atomic E-state index is 11.5. The molecule has 2 N–H and O–H groups in total. The van der Waals surface area contributed by atoms with Gasteiger partial charge in [-0.2, -0.15) is 0 Å². The molecule has 0 unspecified atom stereocenters. The minimum atomic E-state index is -2.88. The lowest BCUT2D eigenvalue weighted by molar-refractivity contribution is 0.596. The van der Waals surface area contributed by atoms with Crippen molar-refractivity contribution < 1.29 is 8.42 Å². The molecular weight excluding hydrogens is 236 g/mol. The zero-order valence-electron chi connectivity index (χ0n) is 10.0. The number of hydrogen-bond acceptors (Lipinski definition) is 4. The molecule has 1 aromatic carbocycles. The van der Waals surface area contributed by atoms with Gasteiger partial charge in [0.1, 0.15) is 0 Å². The van der Waals surface area contributed by atoms with E-state index in [1.165, 1.54) is 5.56 Å². The van der Waals surface area contributed by atoms with E-state index in [0.717, 1.165) is 24.3 Å². The Morgan fingerprint density at radius 2 is 2.18 bits per heavy atom. The van der Waals surface area contributed by atoms with Gasteiger partial charge in [-0.05, 0) is 30.2 Å². The van der Waals surface area contributed by atoms with Crippen LogP contribution in [0.2, 0.25) is 0 Å². The predicted octanol–water partition coefficient (Wildman–Crippen LogP) is 1.07. The molecule has 5 heteroatoms. The molecule has 17 heavy (non-hydrogen) atoms. The smallest absolute Gasteiger partial charge is 0.151 e. The van der Waals surface area contributed by atoms with Crippen LogP contribution in [0, 0.1) is 0 Å². The van der Waals surface area contributed by atoms with Gasteiger partial charge in [-0.25, -0.2) is 8.42 Å². The summed E-state index contributed by atoms with van der Waals surface area (Å²) in [6.45, 7) is 3.15. The van der Waals surface area contributed by atoms with E-state index in [2.05, 4.69) is 4.90 Å². The van der Waals surface area contributed by atoms with Gasteiger partial charge in [0, 0.05) is 30.2 Å². The van der Waals surface area contributed by atoms with Crippen LogP contribution in [0.4, 0.5) is 11.4 Å². The van der Waals surface area contributed by atoms with Gasteiger partial charge in [0.25, 0.3) is 0 Å². The van der Waals surface area contributed by atoms with Crippen LogP contribution < -0.4 is 10.6 Å². The summed E-state index contributed by atoms with van der Waals surface area (Å²) in [6, 6.07) is 5.82. The van der Waals surface area contributed by atoms with E-state index in [9.17, 15) is 8.42 Å². The molecule has 0 atom stereocenters. The molecule has 1 heterocycles. The van der Waals surface area contributed by atoms with Crippen LogP contribution in [0.15, 0.2) is 18.2 Å². The SMILES string of the molecule is CCS(=O)(=O)CCN1CCc2cc(N)ccc21. The molecule has 4 nitrogen and oxygen atoms in total. The molecule has 0 bridgehead atoms. The molecule has 0 amide bonds. The number of nitrogens with zero attached hydrogens (tertiary/aromatic N) is 1. The highest BCUT2D eigenvalue weighted by Gasteiger charge is 2.20. The van der Waals surface area contributed by atoms with E-state index in [4.69, 9.17) is 5.73 Å². The fourth-order valence-corrected chi connectivity index (χ4v) is 2.90. The highest BCUT2D eigenvalue weighted by molar-refractivity contribution is 7.91. The fourth-order valence-electron chi connectivity index (χ4n) is 2.12. The summed E-state index contributed by atoms with van der Waals surface area (Å²) in [5.74, 6) is 0.447. The van der Waals surface area contributed by atoms with Gasteiger partial charge in [-0.1, -0.05) is 6.92 Å². The number of benzene rings is 1. The lowest BCUT2D eigenvalue weighted by Crippen LogP contribution is -2.28. The van der Waals surface area contributed by atoms with Crippen molar-refractivity contribution in [2.45, 2.75) is 13.3 Å². The third-order valence-electron chi connectivity index (χ3n) is 3.21. The lowest BCUT2D eigenvalue weighted by Gasteiger charge is -2.19. The second-order valence-electron chi connectivity index (χ2n) is 4.36. The van der Waals surface area contributed by atoms with Crippen molar-refractivity contribution in [1.82, 2.24) is 0 Å². The van der Waals surface area contributed by atoms with Crippen LogP contribution >= 0.6 is 0 Å². The van der Waals surface area contributed by atoms with Crippen LogP contribution in [0.5, 0.6) is 0 Å². The Hall–Kier alpha value is -1.23. The zero-order chi connectivity index (χ0) is 12.5. The van der Waals surface area contributed by atoms with Gasteiger partial charge in [0.2, 0.25) is 0 Å². The second kappa shape index (κ2) is 4.56. The molecular formula is C12H18N2O2S. The van der Waals surface area contributed by atoms with Gasteiger partial charge in [-0.3, -0.25) is 0 Å². The normalized spacial score (nSPS) is 15.0. The van der Waals surface area contributed by atoms with E-state index in [0.29, 0.717) is 6.54 Å². The largest absolute Gasteiger partial charge is 0.399 e. The highest BCUT2D eigenvalue weighted by atomic mass is 32.2. The molecule has 94 valence electrons. The van der Waals surface area contributed by atoms with Crippen LogP contribution in [-0.2, 0) is 16.3 Å². The summed E-state index contributed by atoms with van der Waals surface area (Å²) in [5, 5.41) is 0. The summed E-state index contributed by atoms with van der Waals surface area (Å²) in [6.07, 6.45) is 0.951. The maximum Gasteiger partial charge on any atom is 0.151 e. The predicted molar refractivity (Wildman–Crippen MR) is 71.1 cm³/mol. The van der Waals surface area contributed by atoms with Gasteiger partial charge in [0.05, 0.1) is 5.75 Å². The molecule has 0 saturated heterocycles. The van der Waals surface area contributed by atoms with Crippen molar-refractivity contribution in [3.8, 4) is 0 Å². The third kappa shape index (κ3) is 2.72. The Morgan fingerprint density at radius 3 is 2.88 bits per heavy atom. The van der Waals surface area contributed by atoms with Crippen LogP contribution in [0.3, 0.4) is 0 Å². The molecule has 1 aliphatic rings.